The summed E-state index contributed by atoms with van der Waals surface area (Å²) in [5, 5.41) is 4.12. The lowest BCUT2D eigenvalue weighted by atomic mass is 9.96. The Balaban J connectivity index is 1.28. The van der Waals surface area contributed by atoms with E-state index in [0.29, 0.717) is 6.54 Å². The molecule has 6 nitrogen and oxygen atoms in total. The first-order valence-electron chi connectivity index (χ1n) is 10.3. The lowest BCUT2D eigenvalue weighted by Gasteiger charge is -2.31. The predicted molar refractivity (Wildman–Crippen MR) is 121 cm³/mol. The maximum Gasteiger partial charge on any atom is 0.223 e. The fraction of sp³-hybridized carbons (Fsp3) is 0.391. The predicted octanol–water partition coefficient (Wildman–Crippen LogP) is 3.89. The van der Waals surface area contributed by atoms with Crippen LogP contribution in [0.3, 0.4) is 0 Å². The molecule has 1 aromatic heterocycles. The summed E-state index contributed by atoms with van der Waals surface area (Å²) in [5.74, 6) is 1.93. The van der Waals surface area contributed by atoms with Crippen molar-refractivity contribution in [1.29, 1.82) is 0 Å². The summed E-state index contributed by atoms with van der Waals surface area (Å²) >= 11 is 1.68. The number of carbonyl (C=O) groups excluding carboxylic acids is 1. The van der Waals surface area contributed by atoms with Crippen LogP contribution in [0.2, 0.25) is 0 Å². The van der Waals surface area contributed by atoms with Crippen molar-refractivity contribution in [2.75, 3.05) is 38.8 Å². The van der Waals surface area contributed by atoms with Gasteiger partial charge in [-0.15, -0.1) is 0 Å². The van der Waals surface area contributed by atoms with Gasteiger partial charge in [0.2, 0.25) is 5.91 Å². The zero-order chi connectivity index (χ0) is 20.9. The van der Waals surface area contributed by atoms with Gasteiger partial charge in [0.15, 0.2) is 5.13 Å². The van der Waals surface area contributed by atoms with Crippen LogP contribution < -0.4 is 19.7 Å². The van der Waals surface area contributed by atoms with Crippen LogP contribution >= 0.6 is 11.3 Å². The van der Waals surface area contributed by atoms with Crippen molar-refractivity contribution >= 4 is 32.6 Å². The lowest BCUT2D eigenvalue weighted by Crippen LogP contribution is -2.41. The number of nitrogens with zero attached hydrogens (tertiary/aromatic N) is 2. The molecule has 0 aliphatic carbocycles. The van der Waals surface area contributed by atoms with Gasteiger partial charge in [0.1, 0.15) is 11.5 Å². The molecule has 0 saturated carbocycles. The maximum atomic E-state index is 12.6. The standard InChI is InChI=1S/C23H27N3O3S/c1-28-18-7-8-19-21(15-18)30-23(25-19)26-13-10-17(11-14-26)22(27)24-12-9-16-5-3-4-6-20(16)29-2/h3-8,15,17H,9-14H2,1-2H3,(H,24,27). The molecule has 3 aromatic rings. The average molecular weight is 426 g/mol. The van der Waals surface area contributed by atoms with Gasteiger partial charge in [-0.2, -0.15) is 0 Å². The molecular formula is C23H27N3O3S. The first kappa shape index (κ1) is 20.5. The molecule has 0 radical (unpaired) electrons. The van der Waals surface area contributed by atoms with E-state index in [0.717, 1.165) is 64.8 Å². The number of para-hydroxylation sites is 1. The molecule has 1 saturated heterocycles. The Morgan fingerprint density at radius 3 is 2.73 bits per heavy atom. The first-order chi connectivity index (χ1) is 14.7. The number of aromatic nitrogens is 1. The number of piperidine rings is 1. The Kier molecular flexibility index (Phi) is 6.38. The summed E-state index contributed by atoms with van der Waals surface area (Å²) in [4.78, 5) is 19.7. The Morgan fingerprint density at radius 1 is 1.17 bits per heavy atom. The Labute approximate surface area is 180 Å². The largest absolute Gasteiger partial charge is 0.497 e. The summed E-state index contributed by atoms with van der Waals surface area (Å²) < 4.78 is 11.8. The molecule has 2 heterocycles. The van der Waals surface area contributed by atoms with Crippen LogP contribution in [0.4, 0.5) is 5.13 Å². The zero-order valence-corrected chi connectivity index (χ0v) is 18.2. The Hall–Kier alpha value is -2.80. The van der Waals surface area contributed by atoms with Crippen LogP contribution in [0.1, 0.15) is 18.4 Å². The van der Waals surface area contributed by atoms with Gasteiger partial charge in [0.25, 0.3) is 0 Å². The number of fused-ring (bicyclic) bond motifs is 1. The number of thiazole rings is 1. The molecule has 0 unspecified atom stereocenters. The van der Waals surface area contributed by atoms with Gasteiger partial charge in [-0.1, -0.05) is 29.5 Å². The molecular weight excluding hydrogens is 398 g/mol. The number of hydrogen-bond donors (Lipinski definition) is 1. The van der Waals surface area contributed by atoms with E-state index >= 15 is 0 Å². The highest BCUT2D eigenvalue weighted by atomic mass is 32.1. The monoisotopic (exact) mass is 425 g/mol. The van der Waals surface area contributed by atoms with Crippen LogP contribution in [0, 0.1) is 5.92 Å². The van der Waals surface area contributed by atoms with E-state index in [9.17, 15) is 4.79 Å². The minimum absolute atomic E-state index is 0.0633. The molecule has 7 heteroatoms. The third-order valence-electron chi connectivity index (χ3n) is 5.61. The molecule has 0 atom stereocenters. The van der Waals surface area contributed by atoms with Gasteiger partial charge in [-0.3, -0.25) is 4.79 Å². The normalized spacial score (nSPS) is 14.7. The maximum absolute atomic E-state index is 12.6. The van der Waals surface area contributed by atoms with Gasteiger partial charge in [-0.05, 0) is 49.1 Å². The summed E-state index contributed by atoms with van der Waals surface area (Å²) in [5.41, 5.74) is 2.11. The number of methoxy groups -OCH3 is 2. The second-order valence-electron chi connectivity index (χ2n) is 7.44. The Bertz CT molecular complexity index is 1010. The zero-order valence-electron chi connectivity index (χ0n) is 17.4. The second kappa shape index (κ2) is 9.34. The molecule has 30 heavy (non-hydrogen) atoms. The van der Waals surface area contributed by atoms with E-state index in [1.54, 1.807) is 25.6 Å². The highest BCUT2D eigenvalue weighted by Gasteiger charge is 2.26. The minimum Gasteiger partial charge on any atom is -0.497 e. The molecule has 1 N–H and O–H groups in total. The van der Waals surface area contributed by atoms with Crippen molar-refractivity contribution in [3.8, 4) is 11.5 Å². The molecule has 1 aliphatic heterocycles. The molecule has 1 amide bonds. The third-order valence-corrected chi connectivity index (χ3v) is 6.69. The number of amides is 1. The summed E-state index contributed by atoms with van der Waals surface area (Å²) in [6.45, 7) is 2.32. The molecule has 0 spiro atoms. The van der Waals surface area contributed by atoms with Gasteiger partial charge in [-0.25, -0.2) is 4.98 Å². The molecule has 4 rings (SSSR count). The number of rotatable bonds is 7. The van der Waals surface area contributed by atoms with Crippen LogP contribution in [0.5, 0.6) is 11.5 Å². The van der Waals surface area contributed by atoms with E-state index in [2.05, 4.69) is 10.2 Å². The van der Waals surface area contributed by atoms with Crippen molar-refractivity contribution in [3.63, 3.8) is 0 Å². The van der Waals surface area contributed by atoms with Crippen molar-refractivity contribution < 1.29 is 14.3 Å². The fourth-order valence-corrected chi connectivity index (χ4v) is 4.91. The number of ether oxygens (including phenoxy) is 2. The number of nitrogens with one attached hydrogen (secondary N) is 1. The first-order valence-corrected chi connectivity index (χ1v) is 11.1. The number of benzene rings is 2. The summed E-state index contributed by atoms with van der Waals surface area (Å²) in [6.07, 6.45) is 2.46. The van der Waals surface area contributed by atoms with Crippen LogP contribution in [-0.2, 0) is 11.2 Å². The van der Waals surface area contributed by atoms with Crippen molar-refractivity contribution in [3.05, 3.63) is 48.0 Å². The van der Waals surface area contributed by atoms with Crippen LogP contribution in [-0.4, -0.2) is 44.7 Å². The fourth-order valence-electron chi connectivity index (χ4n) is 3.86. The lowest BCUT2D eigenvalue weighted by molar-refractivity contribution is -0.125. The average Bonchev–Trinajstić information content (AvgIpc) is 3.22. The number of anilines is 1. The second-order valence-corrected chi connectivity index (χ2v) is 8.45. The molecule has 1 fully saturated rings. The highest BCUT2D eigenvalue weighted by Crippen LogP contribution is 2.33. The van der Waals surface area contributed by atoms with E-state index in [1.807, 2.05) is 42.5 Å². The van der Waals surface area contributed by atoms with E-state index in [-0.39, 0.29) is 11.8 Å². The van der Waals surface area contributed by atoms with Crippen LogP contribution in [0.25, 0.3) is 10.2 Å². The van der Waals surface area contributed by atoms with Crippen molar-refractivity contribution in [2.45, 2.75) is 19.3 Å². The molecule has 0 bridgehead atoms. The van der Waals surface area contributed by atoms with Gasteiger partial charge >= 0.3 is 0 Å². The van der Waals surface area contributed by atoms with Crippen molar-refractivity contribution in [1.82, 2.24) is 10.3 Å². The summed E-state index contributed by atoms with van der Waals surface area (Å²) in [6, 6.07) is 13.9. The molecule has 158 valence electrons. The van der Waals surface area contributed by atoms with Crippen molar-refractivity contribution in [2.24, 2.45) is 5.92 Å². The van der Waals surface area contributed by atoms with Gasteiger partial charge in [0, 0.05) is 25.6 Å². The SMILES string of the molecule is COc1ccc2nc(N3CCC(C(=O)NCCc4ccccc4OC)CC3)sc2c1. The van der Waals surface area contributed by atoms with E-state index < -0.39 is 0 Å². The molecule has 1 aliphatic rings. The number of carbonyl (C=O) groups is 1. The van der Waals surface area contributed by atoms with Crippen LogP contribution in [0.15, 0.2) is 42.5 Å². The minimum atomic E-state index is 0.0633. The third kappa shape index (κ3) is 4.51. The Morgan fingerprint density at radius 2 is 1.97 bits per heavy atom. The molecule has 2 aromatic carbocycles. The quantitative estimate of drug-likeness (QED) is 0.622. The van der Waals surface area contributed by atoms with Gasteiger partial charge < -0.3 is 19.7 Å². The highest BCUT2D eigenvalue weighted by molar-refractivity contribution is 7.22. The summed E-state index contributed by atoms with van der Waals surface area (Å²) in [7, 11) is 3.35. The van der Waals surface area contributed by atoms with E-state index in [1.165, 1.54) is 0 Å². The van der Waals surface area contributed by atoms with E-state index in [4.69, 9.17) is 14.5 Å². The smallest absolute Gasteiger partial charge is 0.223 e. The number of hydrogen-bond acceptors (Lipinski definition) is 6. The topological polar surface area (TPSA) is 63.7 Å². The van der Waals surface area contributed by atoms with Gasteiger partial charge in [0.05, 0.1) is 24.4 Å².